The molecule has 0 aliphatic carbocycles. The topological polar surface area (TPSA) is 79.4 Å². The molecule has 28 heavy (non-hydrogen) atoms. The van der Waals surface area contributed by atoms with E-state index < -0.39 is 10.0 Å². The number of nitrogens with zero attached hydrogens (tertiary/aromatic N) is 2. The van der Waals surface area contributed by atoms with E-state index in [1.165, 1.54) is 27.8 Å². The number of hydrogen-bond acceptors (Lipinski definition) is 5. The average molecular weight is 424 g/mol. The molecule has 1 amide bonds. The highest BCUT2D eigenvalue weighted by Gasteiger charge is 2.26. The molecule has 1 N–H and O–H groups in total. The number of thiazole rings is 1. The predicted molar refractivity (Wildman–Crippen MR) is 114 cm³/mol. The number of nitrogens with one attached hydrogen (secondary N) is 1. The van der Waals surface area contributed by atoms with Crippen molar-refractivity contribution >= 4 is 32.4 Å². The van der Waals surface area contributed by atoms with Crippen molar-refractivity contribution in [2.75, 3.05) is 18.4 Å². The maximum Gasteiger partial charge on any atom is 0.257 e. The summed E-state index contributed by atoms with van der Waals surface area (Å²) in [4.78, 5) is 17.9. The van der Waals surface area contributed by atoms with Crippen molar-refractivity contribution < 1.29 is 13.2 Å². The number of sulfonamides is 1. The molecule has 1 aromatic carbocycles. The third-order valence-electron chi connectivity index (χ3n) is 4.01. The number of hydrogen-bond donors (Lipinski definition) is 1. The molecule has 0 fully saturated rings. The third-order valence-corrected chi connectivity index (χ3v) is 6.92. The van der Waals surface area contributed by atoms with Crippen LogP contribution in [0.5, 0.6) is 0 Å². The van der Waals surface area contributed by atoms with Crippen LogP contribution in [0.15, 0.2) is 35.4 Å². The van der Waals surface area contributed by atoms with Gasteiger partial charge in [0.25, 0.3) is 5.91 Å². The molecule has 2 aromatic rings. The number of benzene rings is 1. The second-order valence-corrected chi connectivity index (χ2v) is 10.6. The molecule has 0 atom stereocenters. The van der Waals surface area contributed by atoms with Crippen molar-refractivity contribution in [3.63, 3.8) is 0 Å². The standard InChI is InChI=1S/C20H29N3O3S2/c1-6-17-11-21-20(27-17)22-19(24)16-7-9-18(10-8-16)28(25,26)23(12-14(2)3)13-15(4)5/h7-11,14-15H,6,12-13H2,1-5H3,(H,21,22,24). The van der Waals surface area contributed by atoms with E-state index in [0.29, 0.717) is 23.8 Å². The number of rotatable bonds is 9. The molecule has 6 nitrogen and oxygen atoms in total. The lowest BCUT2D eigenvalue weighted by Gasteiger charge is -2.25. The Morgan fingerprint density at radius 2 is 1.68 bits per heavy atom. The summed E-state index contributed by atoms with van der Waals surface area (Å²) in [7, 11) is -3.60. The molecular formula is C20H29N3O3S2. The molecule has 0 radical (unpaired) electrons. The smallest absolute Gasteiger partial charge is 0.257 e. The summed E-state index contributed by atoms with van der Waals surface area (Å²) in [5.41, 5.74) is 0.395. The fourth-order valence-corrected chi connectivity index (χ4v) is 5.22. The fraction of sp³-hybridized carbons (Fsp3) is 0.500. The summed E-state index contributed by atoms with van der Waals surface area (Å²) in [6.45, 7) is 11.0. The highest BCUT2D eigenvalue weighted by molar-refractivity contribution is 7.89. The van der Waals surface area contributed by atoms with Gasteiger partial charge in [-0.05, 0) is 42.5 Å². The van der Waals surface area contributed by atoms with E-state index in [1.807, 2.05) is 34.6 Å². The van der Waals surface area contributed by atoms with Crippen LogP contribution in [0.1, 0.15) is 49.9 Å². The Bertz CT molecular complexity index is 878. The Kier molecular flexibility index (Phi) is 7.74. The lowest BCUT2D eigenvalue weighted by Crippen LogP contribution is -2.37. The lowest BCUT2D eigenvalue weighted by atomic mass is 10.2. The Morgan fingerprint density at radius 1 is 1.11 bits per heavy atom. The van der Waals surface area contributed by atoms with Crippen molar-refractivity contribution in [3.05, 3.63) is 40.9 Å². The van der Waals surface area contributed by atoms with Gasteiger partial charge in [-0.15, -0.1) is 11.3 Å². The maximum absolute atomic E-state index is 13.0. The summed E-state index contributed by atoms with van der Waals surface area (Å²) in [6.07, 6.45) is 2.61. The highest BCUT2D eigenvalue weighted by atomic mass is 32.2. The summed E-state index contributed by atoms with van der Waals surface area (Å²) in [6, 6.07) is 6.08. The first-order valence-corrected chi connectivity index (χ1v) is 11.7. The van der Waals surface area contributed by atoms with Crippen molar-refractivity contribution in [2.45, 2.75) is 45.9 Å². The van der Waals surface area contributed by atoms with Gasteiger partial charge in [-0.3, -0.25) is 10.1 Å². The molecule has 0 aliphatic heterocycles. The van der Waals surface area contributed by atoms with Gasteiger partial charge in [0.2, 0.25) is 10.0 Å². The maximum atomic E-state index is 13.0. The van der Waals surface area contributed by atoms with Crippen LogP contribution < -0.4 is 5.32 Å². The minimum absolute atomic E-state index is 0.202. The van der Waals surface area contributed by atoms with Crippen molar-refractivity contribution in [2.24, 2.45) is 11.8 Å². The van der Waals surface area contributed by atoms with E-state index in [9.17, 15) is 13.2 Å². The average Bonchev–Trinajstić information content (AvgIpc) is 3.08. The second kappa shape index (κ2) is 9.62. The van der Waals surface area contributed by atoms with Gasteiger partial charge < -0.3 is 0 Å². The van der Waals surface area contributed by atoms with Crippen molar-refractivity contribution in [1.82, 2.24) is 9.29 Å². The van der Waals surface area contributed by atoms with Crippen LogP contribution in [-0.2, 0) is 16.4 Å². The SMILES string of the molecule is CCc1cnc(NC(=O)c2ccc(S(=O)(=O)N(CC(C)C)CC(C)C)cc2)s1. The zero-order valence-electron chi connectivity index (χ0n) is 17.1. The number of aromatic nitrogens is 1. The van der Waals surface area contributed by atoms with E-state index in [1.54, 1.807) is 18.3 Å². The van der Waals surface area contributed by atoms with E-state index in [0.717, 1.165) is 11.3 Å². The van der Waals surface area contributed by atoms with Crippen molar-refractivity contribution in [3.8, 4) is 0 Å². The van der Waals surface area contributed by atoms with Gasteiger partial charge in [-0.1, -0.05) is 34.6 Å². The van der Waals surface area contributed by atoms with Gasteiger partial charge in [0.1, 0.15) is 0 Å². The van der Waals surface area contributed by atoms with Crippen LogP contribution in [-0.4, -0.2) is 36.7 Å². The molecular weight excluding hydrogens is 394 g/mol. The zero-order valence-corrected chi connectivity index (χ0v) is 18.7. The van der Waals surface area contributed by atoms with Crippen LogP contribution in [0, 0.1) is 11.8 Å². The Morgan fingerprint density at radius 3 is 2.14 bits per heavy atom. The number of carbonyl (C=O) groups is 1. The first-order valence-electron chi connectivity index (χ1n) is 9.49. The first kappa shape index (κ1) is 22.5. The molecule has 0 spiro atoms. The molecule has 1 aromatic heterocycles. The summed E-state index contributed by atoms with van der Waals surface area (Å²) >= 11 is 1.43. The fourth-order valence-electron chi connectivity index (χ4n) is 2.71. The van der Waals surface area contributed by atoms with Gasteiger partial charge in [-0.2, -0.15) is 4.31 Å². The summed E-state index contributed by atoms with van der Waals surface area (Å²) in [5, 5.41) is 3.30. The first-order chi connectivity index (χ1) is 13.1. The molecule has 0 saturated heterocycles. The lowest BCUT2D eigenvalue weighted by molar-refractivity contribution is 0.102. The second-order valence-electron chi connectivity index (χ2n) is 7.57. The molecule has 154 valence electrons. The molecule has 1 heterocycles. The van der Waals surface area contributed by atoms with Crippen molar-refractivity contribution in [1.29, 1.82) is 0 Å². The van der Waals surface area contributed by atoms with E-state index in [2.05, 4.69) is 10.3 Å². The van der Waals surface area contributed by atoms with E-state index in [4.69, 9.17) is 0 Å². The molecule has 8 heteroatoms. The minimum Gasteiger partial charge on any atom is -0.298 e. The molecule has 0 unspecified atom stereocenters. The van der Waals surface area contributed by atoms with Crippen LogP contribution in [0.4, 0.5) is 5.13 Å². The van der Waals surface area contributed by atoms with Gasteiger partial charge >= 0.3 is 0 Å². The Labute approximate surface area is 172 Å². The van der Waals surface area contributed by atoms with Crippen LogP contribution in [0.2, 0.25) is 0 Å². The highest BCUT2D eigenvalue weighted by Crippen LogP contribution is 2.21. The van der Waals surface area contributed by atoms with E-state index >= 15 is 0 Å². The van der Waals surface area contributed by atoms with E-state index in [-0.39, 0.29) is 22.6 Å². The molecule has 0 aliphatic rings. The molecule has 0 bridgehead atoms. The van der Waals surface area contributed by atoms with Crippen LogP contribution in [0.25, 0.3) is 0 Å². The normalized spacial score (nSPS) is 12.1. The number of anilines is 1. The quantitative estimate of drug-likeness (QED) is 0.653. The minimum atomic E-state index is -3.60. The number of aryl methyl sites for hydroxylation is 1. The third kappa shape index (κ3) is 5.86. The summed E-state index contributed by atoms with van der Waals surface area (Å²) in [5.74, 6) is 0.150. The van der Waals surface area contributed by atoms with Gasteiger partial charge in [0, 0.05) is 29.7 Å². The van der Waals surface area contributed by atoms with Gasteiger partial charge in [-0.25, -0.2) is 13.4 Å². The molecule has 0 saturated carbocycles. The summed E-state index contributed by atoms with van der Waals surface area (Å²) < 4.78 is 27.6. The Balaban J connectivity index is 2.17. The zero-order chi connectivity index (χ0) is 20.9. The van der Waals surface area contributed by atoms with Gasteiger partial charge in [0.05, 0.1) is 4.90 Å². The van der Waals surface area contributed by atoms with Crippen LogP contribution in [0.3, 0.4) is 0 Å². The number of carbonyl (C=O) groups excluding carboxylic acids is 1. The molecule has 2 rings (SSSR count). The predicted octanol–water partition coefficient (Wildman–Crippen LogP) is 4.26. The largest absolute Gasteiger partial charge is 0.298 e. The van der Waals surface area contributed by atoms with Crippen LogP contribution >= 0.6 is 11.3 Å². The number of amides is 1. The monoisotopic (exact) mass is 423 g/mol. The van der Waals surface area contributed by atoms with Gasteiger partial charge in [0.15, 0.2) is 5.13 Å². The Hall–Kier alpha value is -1.77.